The summed E-state index contributed by atoms with van der Waals surface area (Å²) >= 11 is 6.36. The van der Waals surface area contributed by atoms with Gasteiger partial charge < -0.3 is 18.9 Å². The van der Waals surface area contributed by atoms with Crippen molar-refractivity contribution in [1.82, 2.24) is 0 Å². The molecule has 0 aliphatic carbocycles. The number of benzene rings is 3. The third-order valence-electron chi connectivity index (χ3n) is 8.19. The van der Waals surface area contributed by atoms with Crippen LogP contribution in [0.3, 0.4) is 0 Å². The molecule has 248 valence electrons. The summed E-state index contributed by atoms with van der Waals surface area (Å²) in [6.07, 6.45) is 19.7. The number of ether oxygens (including phenoxy) is 4. The molecule has 0 saturated carbocycles. The topological polar surface area (TPSA) is 71.1 Å². The number of unbranched alkanes of at least 4 members (excludes halogenated alkanes) is 16. The first-order valence-corrected chi connectivity index (χ1v) is 17.8. The van der Waals surface area contributed by atoms with Crippen LogP contribution in [-0.2, 0) is 9.47 Å². The van der Waals surface area contributed by atoms with Crippen LogP contribution in [0.15, 0.2) is 42.5 Å². The average Bonchev–Trinajstić information content (AvgIpc) is 3.04. The maximum absolute atomic E-state index is 12.8. The molecule has 6 nitrogen and oxygen atoms in total. The standard InChI is InChI=1S/C38H53ClO6/c1-3-5-7-9-11-13-15-17-21-27-42-37(40)44-35-31-23-19-20-24-32(31)36(34-29-30(39)25-26-33(34)35)45-38(41)43-28-22-18-16-14-12-10-8-6-4-2/h19-20,23-26,29H,3-18,21-22,27-28H2,1-2H3. The van der Waals surface area contributed by atoms with Crippen LogP contribution in [-0.4, -0.2) is 25.5 Å². The molecule has 0 aliphatic heterocycles. The fraction of sp³-hybridized carbons (Fsp3) is 0.579. The van der Waals surface area contributed by atoms with E-state index in [1.165, 1.54) is 77.0 Å². The molecule has 0 spiro atoms. The largest absolute Gasteiger partial charge is 0.513 e. The lowest BCUT2D eigenvalue weighted by molar-refractivity contribution is 0.0965. The molecule has 0 fully saturated rings. The van der Waals surface area contributed by atoms with Gasteiger partial charge in [-0.3, -0.25) is 0 Å². The van der Waals surface area contributed by atoms with E-state index in [-0.39, 0.29) is 0 Å². The van der Waals surface area contributed by atoms with E-state index in [1.807, 2.05) is 24.3 Å². The number of rotatable bonds is 22. The van der Waals surface area contributed by atoms with Crippen molar-refractivity contribution in [1.29, 1.82) is 0 Å². The van der Waals surface area contributed by atoms with Gasteiger partial charge in [-0.1, -0.05) is 152 Å². The van der Waals surface area contributed by atoms with Crippen molar-refractivity contribution in [2.75, 3.05) is 13.2 Å². The van der Waals surface area contributed by atoms with E-state index in [0.29, 0.717) is 51.3 Å². The van der Waals surface area contributed by atoms with E-state index in [2.05, 4.69) is 13.8 Å². The number of carbonyl (C=O) groups excluding carboxylic acids is 2. The lowest BCUT2D eigenvalue weighted by Gasteiger charge is -2.16. The quantitative estimate of drug-likeness (QED) is 0.0471. The van der Waals surface area contributed by atoms with Gasteiger partial charge in [-0.05, 0) is 31.0 Å². The number of halogens is 1. The predicted molar refractivity (Wildman–Crippen MR) is 185 cm³/mol. The van der Waals surface area contributed by atoms with Crippen LogP contribution in [0.25, 0.3) is 21.5 Å². The van der Waals surface area contributed by atoms with Gasteiger partial charge in [0, 0.05) is 26.6 Å². The Bertz CT molecular complexity index is 1310. The Balaban J connectivity index is 1.56. The summed E-state index contributed by atoms with van der Waals surface area (Å²) in [5.74, 6) is 0.653. The van der Waals surface area contributed by atoms with Gasteiger partial charge in [-0.15, -0.1) is 0 Å². The summed E-state index contributed by atoms with van der Waals surface area (Å²) in [6.45, 7) is 5.07. The minimum absolute atomic E-state index is 0.303. The molecule has 0 radical (unpaired) electrons. The van der Waals surface area contributed by atoms with Crippen molar-refractivity contribution in [3.8, 4) is 11.5 Å². The molecular formula is C38H53ClO6. The Morgan fingerprint density at radius 1 is 0.511 bits per heavy atom. The second-order valence-corrected chi connectivity index (χ2v) is 12.4. The molecule has 0 aliphatic rings. The van der Waals surface area contributed by atoms with Crippen molar-refractivity contribution >= 4 is 45.5 Å². The van der Waals surface area contributed by atoms with E-state index in [1.54, 1.807) is 18.2 Å². The van der Waals surface area contributed by atoms with Crippen molar-refractivity contribution in [3.63, 3.8) is 0 Å². The summed E-state index contributed by atoms with van der Waals surface area (Å²) in [7, 11) is 0. The molecule has 3 aromatic rings. The fourth-order valence-electron chi connectivity index (χ4n) is 5.65. The molecule has 45 heavy (non-hydrogen) atoms. The highest BCUT2D eigenvalue weighted by Gasteiger charge is 2.21. The van der Waals surface area contributed by atoms with Crippen LogP contribution < -0.4 is 9.47 Å². The van der Waals surface area contributed by atoms with Crippen LogP contribution >= 0.6 is 11.6 Å². The first kappa shape index (κ1) is 36.5. The summed E-state index contributed by atoms with van der Waals surface area (Å²) in [6, 6.07) is 12.5. The fourth-order valence-corrected chi connectivity index (χ4v) is 5.83. The van der Waals surface area contributed by atoms with Crippen molar-refractivity contribution in [3.05, 3.63) is 47.5 Å². The first-order chi connectivity index (χ1) is 22.0. The summed E-state index contributed by atoms with van der Waals surface area (Å²) in [4.78, 5) is 25.5. The van der Waals surface area contributed by atoms with Crippen molar-refractivity contribution in [2.45, 2.75) is 129 Å². The highest BCUT2D eigenvalue weighted by atomic mass is 35.5. The Labute approximate surface area is 275 Å². The van der Waals surface area contributed by atoms with Crippen LogP contribution in [0.2, 0.25) is 5.02 Å². The number of carbonyl (C=O) groups is 2. The van der Waals surface area contributed by atoms with Gasteiger partial charge in [0.1, 0.15) is 5.75 Å². The molecular weight excluding hydrogens is 588 g/mol. The molecule has 0 aromatic heterocycles. The lowest BCUT2D eigenvalue weighted by Crippen LogP contribution is -2.14. The molecule has 0 heterocycles. The van der Waals surface area contributed by atoms with Crippen molar-refractivity contribution in [2.24, 2.45) is 0 Å². The van der Waals surface area contributed by atoms with E-state index in [4.69, 9.17) is 30.5 Å². The third-order valence-corrected chi connectivity index (χ3v) is 8.43. The Hall–Kier alpha value is -2.99. The molecule has 0 N–H and O–H groups in total. The number of hydrogen-bond donors (Lipinski definition) is 0. The van der Waals surface area contributed by atoms with Crippen LogP contribution in [0.1, 0.15) is 129 Å². The van der Waals surface area contributed by atoms with Gasteiger partial charge in [-0.2, -0.15) is 0 Å². The van der Waals surface area contributed by atoms with E-state index >= 15 is 0 Å². The molecule has 3 aromatic carbocycles. The molecule has 0 bridgehead atoms. The van der Waals surface area contributed by atoms with Gasteiger partial charge in [0.25, 0.3) is 0 Å². The highest BCUT2D eigenvalue weighted by molar-refractivity contribution is 6.31. The highest BCUT2D eigenvalue weighted by Crippen LogP contribution is 2.44. The number of hydrogen-bond acceptors (Lipinski definition) is 6. The Morgan fingerprint density at radius 2 is 0.889 bits per heavy atom. The number of fused-ring (bicyclic) bond motifs is 2. The summed E-state index contributed by atoms with van der Waals surface area (Å²) in [5, 5.41) is 2.82. The smallest absolute Gasteiger partial charge is 0.434 e. The predicted octanol–water partition coefficient (Wildman–Crippen LogP) is 12.7. The van der Waals surface area contributed by atoms with Gasteiger partial charge in [0.2, 0.25) is 0 Å². The Kier molecular flexibility index (Phi) is 17.6. The van der Waals surface area contributed by atoms with E-state index in [9.17, 15) is 9.59 Å². The lowest BCUT2D eigenvalue weighted by atomic mass is 10.0. The van der Waals surface area contributed by atoms with Crippen LogP contribution in [0.5, 0.6) is 11.5 Å². The molecule has 3 rings (SSSR count). The maximum Gasteiger partial charge on any atom is 0.513 e. The molecule has 7 heteroatoms. The van der Waals surface area contributed by atoms with E-state index < -0.39 is 12.3 Å². The van der Waals surface area contributed by atoms with Gasteiger partial charge in [-0.25, -0.2) is 9.59 Å². The van der Waals surface area contributed by atoms with E-state index in [0.717, 1.165) is 38.5 Å². The maximum atomic E-state index is 12.8. The average molecular weight is 641 g/mol. The molecule has 0 amide bonds. The SMILES string of the molecule is CCCCCCCCCCCOC(=O)Oc1c2ccccc2c(OC(=O)OCCCCCCCCCCC)c2cc(Cl)ccc12. The molecule has 0 saturated heterocycles. The molecule has 0 atom stereocenters. The summed E-state index contributed by atoms with van der Waals surface area (Å²) < 4.78 is 22.4. The van der Waals surface area contributed by atoms with Gasteiger partial charge in [0.15, 0.2) is 5.75 Å². The first-order valence-electron chi connectivity index (χ1n) is 17.4. The van der Waals surface area contributed by atoms with Crippen molar-refractivity contribution < 1.29 is 28.5 Å². The Morgan fingerprint density at radius 3 is 1.33 bits per heavy atom. The minimum atomic E-state index is -0.768. The van der Waals surface area contributed by atoms with Gasteiger partial charge in [0.05, 0.1) is 13.2 Å². The molecule has 0 unspecified atom stereocenters. The second-order valence-electron chi connectivity index (χ2n) is 12.0. The zero-order valence-electron chi connectivity index (χ0n) is 27.5. The third kappa shape index (κ3) is 13.1. The zero-order valence-corrected chi connectivity index (χ0v) is 28.3. The van der Waals surface area contributed by atoms with Gasteiger partial charge >= 0.3 is 12.3 Å². The summed E-state index contributed by atoms with van der Waals surface area (Å²) in [5.41, 5.74) is 0. The van der Waals surface area contributed by atoms with Crippen LogP contribution in [0.4, 0.5) is 9.59 Å². The normalized spacial score (nSPS) is 11.2. The minimum Gasteiger partial charge on any atom is -0.434 e. The zero-order chi connectivity index (χ0) is 32.1. The monoisotopic (exact) mass is 640 g/mol. The second kappa shape index (κ2) is 21.7. The van der Waals surface area contributed by atoms with Crippen LogP contribution in [0, 0.1) is 0 Å².